The maximum Gasteiger partial charge on any atom is 0.338 e. The zero-order chi connectivity index (χ0) is 53.1. The first kappa shape index (κ1) is 52.4. The first-order valence-electron chi connectivity index (χ1n) is 26.5. The van der Waals surface area contributed by atoms with Crippen molar-refractivity contribution in [2.24, 2.45) is 34.5 Å². The summed E-state index contributed by atoms with van der Waals surface area (Å²) in [5.41, 5.74) is 2.85. The topological polar surface area (TPSA) is 159 Å². The van der Waals surface area contributed by atoms with Crippen LogP contribution in [0.25, 0.3) is 0 Å². The number of allylic oxidation sites excluding steroid dienone is 1. The van der Waals surface area contributed by atoms with E-state index in [0.29, 0.717) is 30.6 Å². The van der Waals surface area contributed by atoms with E-state index in [0.717, 1.165) is 49.2 Å². The predicted octanol–water partition coefficient (Wildman–Crippen LogP) is 11.2. The van der Waals surface area contributed by atoms with Gasteiger partial charge < -0.3 is 37.9 Å². The molecule has 0 N–H and O–H groups in total. The number of esters is 4. The van der Waals surface area contributed by atoms with E-state index in [1.165, 1.54) is 5.57 Å². The third-order valence-corrected chi connectivity index (χ3v) is 17.5. The molecule has 3 saturated carbocycles. The van der Waals surface area contributed by atoms with Crippen molar-refractivity contribution in [1.29, 1.82) is 0 Å². The van der Waals surface area contributed by atoms with Gasteiger partial charge in [0, 0.05) is 11.5 Å². The van der Waals surface area contributed by atoms with Gasteiger partial charge in [-0.25, -0.2) is 19.2 Å². The van der Waals surface area contributed by atoms with E-state index in [1.54, 1.807) is 142 Å². The lowest BCUT2D eigenvalue weighted by molar-refractivity contribution is -0.310. The zero-order valence-electron chi connectivity index (χ0n) is 43.7. The molecular formula is C63H66O13. The van der Waals surface area contributed by atoms with Crippen LogP contribution in [-0.4, -0.2) is 87.3 Å². The van der Waals surface area contributed by atoms with E-state index in [4.69, 9.17) is 37.9 Å². The Bertz CT molecular complexity index is 2930. The molecule has 76 heavy (non-hydrogen) atoms. The highest BCUT2D eigenvalue weighted by molar-refractivity contribution is 5.91. The minimum absolute atomic E-state index is 0.0130. The molecule has 0 aromatic heterocycles. The van der Waals surface area contributed by atoms with Crippen LogP contribution in [0.15, 0.2) is 151 Å². The van der Waals surface area contributed by atoms with Crippen molar-refractivity contribution in [1.82, 2.24) is 0 Å². The number of ketones is 1. The molecule has 5 aliphatic rings. The summed E-state index contributed by atoms with van der Waals surface area (Å²) in [6.45, 7) is 6.03. The highest BCUT2D eigenvalue weighted by atomic mass is 16.7. The van der Waals surface area contributed by atoms with Crippen molar-refractivity contribution >= 4 is 29.7 Å². The summed E-state index contributed by atoms with van der Waals surface area (Å²) in [6.07, 6.45) is 0.357. The second-order valence-electron chi connectivity index (χ2n) is 21.6. The van der Waals surface area contributed by atoms with Crippen LogP contribution in [0, 0.1) is 34.5 Å². The SMILES string of the molecule is COc1ccc(OC)c([C@@H]2C[C@H]3[C@@H]4CC=C5C[C@@H](O[C@@H]6O[C@H](COC(=O)c7ccccc7)[C@@H](OC(=O)c7ccccc7)[C@H](OC(=O)c7ccccc7)[C@@H]6OC(=O)c6ccccc6)CC[C@]5(C)[C@H]4CC[C@]3(C)[C@H]2C(C)=O)c1. The van der Waals surface area contributed by atoms with Gasteiger partial charge in [0.05, 0.1) is 42.6 Å². The van der Waals surface area contributed by atoms with Crippen LogP contribution in [-0.2, 0) is 33.2 Å². The molecule has 396 valence electrons. The van der Waals surface area contributed by atoms with E-state index in [-0.39, 0.29) is 50.7 Å². The number of carbonyl (C=O) groups excluding carboxylic acids is 5. The van der Waals surface area contributed by atoms with E-state index in [9.17, 15) is 24.0 Å². The molecule has 13 nitrogen and oxygen atoms in total. The van der Waals surface area contributed by atoms with Crippen LogP contribution in [0.1, 0.15) is 119 Å². The lowest BCUT2D eigenvalue weighted by Gasteiger charge is -2.58. The number of methoxy groups -OCH3 is 2. The molecule has 0 bridgehead atoms. The summed E-state index contributed by atoms with van der Waals surface area (Å²) in [7, 11) is 3.34. The molecule has 1 heterocycles. The van der Waals surface area contributed by atoms with E-state index in [1.807, 2.05) is 12.1 Å². The van der Waals surface area contributed by atoms with Gasteiger partial charge in [-0.1, -0.05) is 98.3 Å². The lowest BCUT2D eigenvalue weighted by Crippen LogP contribution is -2.63. The lowest BCUT2D eigenvalue weighted by atomic mass is 9.47. The third-order valence-electron chi connectivity index (χ3n) is 17.5. The third kappa shape index (κ3) is 10.3. The fraction of sp³-hybridized carbons (Fsp3) is 0.413. The van der Waals surface area contributed by atoms with Gasteiger partial charge in [0.2, 0.25) is 0 Å². The minimum atomic E-state index is -1.53. The monoisotopic (exact) mass is 1030 g/mol. The van der Waals surface area contributed by atoms with Crippen LogP contribution in [0.4, 0.5) is 0 Å². The van der Waals surface area contributed by atoms with Crippen LogP contribution in [0.2, 0.25) is 0 Å². The molecule has 4 aliphatic carbocycles. The molecule has 0 spiro atoms. The average molecular weight is 1030 g/mol. The van der Waals surface area contributed by atoms with E-state index >= 15 is 0 Å². The van der Waals surface area contributed by atoms with Crippen LogP contribution >= 0.6 is 0 Å². The van der Waals surface area contributed by atoms with Crippen molar-refractivity contribution in [2.45, 2.75) is 108 Å². The summed E-state index contributed by atoms with van der Waals surface area (Å²) in [5.74, 6) is -0.405. The Kier molecular flexibility index (Phi) is 15.3. The standard InChI is InChI=1S/C63H66O13/c1-38(64)53-48(47-35-44(69-4)27-29-51(47)70-5)36-50-46-28-26-43-34-45(30-32-62(43,2)49(46)31-33-63(50,53)3)72-61-56(76-60(68)42-24-16-9-17-25-42)55(75-59(67)41-22-14-8-15-23-41)54(74-58(66)40-20-12-7-13-21-40)52(73-61)37-71-57(65)39-18-10-6-11-19-39/h6-27,29,35,45-46,48-50,52-56,61H,28,30-34,36-37H2,1-5H3/t45-,46+,48-,49-,50-,52+,53-,54+,55-,56-,61+,62-,63-/m0/s1. The Labute approximate surface area is 444 Å². The molecule has 1 aliphatic heterocycles. The van der Waals surface area contributed by atoms with Gasteiger partial charge in [0.25, 0.3) is 0 Å². The summed E-state index contributed by atoms with van der Waals surface area (Å²) in [5, 5.41) is 0. The van der Waals surface area contributed by atoms with Crippen molar-refractivity contribution < 1.29 is 61.9 Å². The van der Waals surface area contributed by atoms with E-state index < -0.39 is 67.3 Å². The van der Waals surface area contributed by atoms with Crippen LogP contribution < -0.4 is 9.47 Å². The Balaban J connectivity index is 0.972. The Morgan fingerprint density at radius 3 is 1.72 bits per heavy atom. The Morgan fingerprint density at radius 1 is 0.618 bits per heavy atom. The normalized spacial score (nSPS) is 30.4. The molecule has 0 unspecified atom stereocenters. The maximum atomic E-state index is 14.3. The zero-order valence-corrected chi connectivity index (χ0v) is 43.7. The number of carbonyl (C=O) groups is 5. The average Bonchev–Trinajstić information content (AvgIpc) is 3.83. The quantitative estimate of drug-likeness (QED) is 0.0554. The van der Waals surface area contributed by atoms with Crippen LogP contribution in [0.5, 0.6) is 11.5 Å². The van der Waals surface area contributed by atoms with Gasteiger partial charge in [-0.2, -0.15) is 0 Å². The first-order valence-corrected chi connectivity index (χ1v) is 26.5. The molecule has 13 heteroatoms. The van der Waals surface area contributed by atoms with Crippen molar-refractivity contribution in [3.8, 4) is 11.5 Å². The number of benzene rings is 5. The molecule has 13 atom stereocenters. The molecule has 4 fully saturated rings. The molecular weight excluding hydrogens is 965 g/mol. The summed E-state index contributed by atoms with van der Waals surface area (Å²) < 4.78 is 50.3. The van der Waals surface area contributed by atoms with Gasteiger partial charge >= 0.3 is 23.9 Å². The first-order chi connectivity index (χ1) is 36.8. The van der Waals surface area contributed by atoms with E-state index in [2.05, 4.69) is 26.0 Å². The highest BCUT2D eigenvalue weighted by Crippen LogP contribution is 2.69. The predicted molar refractivity (Wildman–Crippen MR) is 281 cm³/mol. The molecule has 5 aromatic rings. The van der Waals surface area contributed by atoms with Crippen molar-refractivity contribution in [2.75, 3.05) is 20.8 Å². The second-order valence-corrected chi connectivity index (χ2v) is 21.6. The van der Waals surface area contributed by atoms with Gasteiger partial charge in [-0.3, -0.25) is 4.79 Å². The fourth-order valence-electron chi connectivity index (χ4n) is 13.8. The second kappa shape index (κ2) is 22.2. The number of hydrogen-bond acceptors (Lipinski definition) is 13. The number of hydrogen-bond donors (Lipinski definition) is 0. The molecule has 5 aromatic carbocycles. The molecule has 0 amide bonds. The van der Waals surface area contributed by atoms with Gasteiger partial charge in [0.1, 0.15) is 30.0 Å². The number of Topliss-reactive ketones (excluding diaryl/α,β-unsaturated/α-hetero) is 1. The smallest absolute Gasteiger partial charge is 0.338 e. The fourth-order valence-corrected chi connectivity index (χ4v) is 13.8. The summed E-state index contributed by atoms with van der Waals surface area (Å²) in [6, 6.07) is 39.3. The Morgan fingerprint density at radius 2 is 1.17 bits per heavy atom. The van der Waals surface area contributed by atoms with Gasteiger partial charge in [-0.05, 0) is 153 Å². The van der Waals surface area contributed by atoms with Crippen molar-refractivity contribution in [3.05, 3.63) is 179 Å². The summed E-state index contributed by atoms with van der Waals surface area (Å²) in [4.78, 5) is 70.0. The number of ether oxygens (including phenoxy) is 8. The molecule has 1 saturated heterocycles. The number of fused-ring (bicyclic) bond motifs is 5. The van der Waals surface area contributed by atoms with Gasteiger partial charge in [-0.15, -0.1) is 0 Å². The number of rotatable bonds is 15. The largest absolute Gasteiger partial charge is 0.497 e. The molecule has 0 radical (unpaired) electrons. The van der Waals surface area contributed by atoms with Crippen LogP contribution in [0.3, 0.4) is 0 Å². The minimum Gasteiger partial charge on any atom is -0.497 e. The summed E-state index contributed by atoms with van der Waals surface area (Å²) >= 11 is 0. The van der Waals surface area contributed by atoms with Crippen molar-refractivity contribution in [3.63, 3.8) is 0 Å². The van der Waals surface area contributed by atoms with Gasteiger partial charge in [0.15, 0.2) is 24.6 Å². The Hall–Kier alpha value is -7.09. The maximum absolute atomic E-state index is 14.3. The molecule has 10 rings (SSSR count). The highest BCUT2D eigenvalue weighted by Gasteiger charge is 2.63.